The van der Waals surface area contributed by atoms with Gasteiger partial charge in [-0.25, -0.2) is 4.98 Å². The fourth-order valence-electron chi connectivity index (χ4n) is 7.34. The van der Waals surface area contributed by atoms with E-state index in [1.807, 2.05) is 11.3 Å². The summed E-state index contributed by atoms with van der Waals surface area (Å²) >= 11 is 1.97. The van der Waals surface area contributed by atoms with Crippen molar-refractivity contribution in [2.24, 2.45) is 28.6 Å². The van der Waals surface area contributed by atoms with E-state index in [2.05, 4.69) is 20.8 Å². The number of hydrogen-bond acceptors (Lipinski definition) is 3. The van der Waals surface area contributed by atoms with Crippen LogP contribution in [0.4, 0.5) is 0 Å². The summed E-state index contributed by atoms with van der Waals surface area (Å²) in [7, 11) is 0. The second-order valence-electron chi connectivity index (χ2n) is 9.47. The summed E-state index contributed by atoms with van der Waals surface area (Å²) in [5.41, 5.74) is 1.88. The van der Waals surface area contributed by atoms with Gasteiger partial charge >= 0.3 is 0 Å². The van der Waals surface area contributed by atoms with Crippen LogP contribution in [0.3, 0.4) is 0 Å². The van der Waals surface area contributed by atoms with Gasteiger partial charge in [0.1, 0.15) is 5.78 Å². The lowest BCUT2D eigenvalue weighted by Gasteiger charge is -2.59. The fourth-order valence-corrected chi connectivity index (χ4v) is 8.61. The molecule has 0 N–H and O–H groups in total. The highest BCUT2D eigenvalue weighted by molar-refractivity contribution is 7.11. The third kappa shape index (κ3) is 1.83. The standard InChI is InChI=1S/C21H29NOS/c1-12-22-17-9-11-20(2)15-8-10-21(3)14(6-7-18(21)23)13(15)4-5-16(20)19(17)24-12/h13-16H,4-11H2,1-3H3/t13-,14-,15-,16?,20+,21-/m0/s1. The normalized spacial score (nSPS) is 46.9. The van der Waals surface area contributed by atoms with Gasteiger partial charge in [-0.15, -0.1) is 11.3 Å². The summed E-state index contributed by atoms with van der Waals surface area (Å²) in [5, 5.41) is 1.25. The Labute approximate surface area is 149 Å². The molecule has 24 heavy (non-hydrogen) atoms. The molecule has 4 aliphatic carbocycles. The molecule has 2 nitrogen and oxygen atoms in total. The Hall–Kier alpha value is -0.700. The molecule has 0 saturated heterocycles. The number of aromatic nitrogens is 1. The highest BCUT2D eigenvalue weighted by Crippen LogP contribution is 2.67. The Bertz CT molecular complexity index is 709. The Kier molecular flexibility index (Phi) is 3.19. The highest BCUT2D eigenvalue weighted by atomic mass is 32.1. The van der Waals surface area contributed by atoms with Gasteiger partial charge in [0.15, 0.2) is 0 Å². The maximum atomic E-state index is 12.5. The third-order valence-corrected chi connectivity index (χ3v) is 9.76. The van der Waals surface area contributed by atoms with E-state index in [1.54, 1.807) is 4.88 Å². The number of carbonyl (C=O) groups excluding carboxylic acids is 1. The minimum absolute atomic E-state index is 0.0191. The van der Waals surface area contributed by atoms with Crippen molar-refractivity contribution in [2.45, 2.75) is 78.1 Å². The number of thiazole rings is 1. The number of hydrogen-bond donors (Lipinski definition) is 0. The second kappa shape index (κ2) is 4.93. The smallest absolute Gasteiger partial charge is 0.139 e. The van der Waals surface area contributed by atoms with E-state index < -0.39 is 0 Å². The van der Waals surface area contributed by atoms with Crippen LogP contribution in [0, 0.1) is 35.5 Å². The molecule has 130 valence electrons. The van der Waals surface area contributed by atoms with Crippen LogP contribution in [-0.4, -0.2) is 10.8 Å². The predicted octanol–water partition coefficient (Wildman–Crippen LogP) is 5.29. The van der Waals surface area contributed by atoms with Crippen molar-refractivity contribution < 1.29 is 4.79 Å². The molecule has 0 bridgehead atoms. The summed E-state index contributed by atoms with van der Waals surface area (Å²) in [5.74, 6) is 3.60. The Morgan fingerprint density at radius 2 is 1.88 bits per heavy atom. The number of fused-ring (bicyclic) bond motifs is 7. The van der Waals surface area contributed by atoms with Crippen molar-refractivity contribution in [3.63, 3.8) is 0 Å². The molecular formula is C21H29NOS. The van der Waals surface area contributed by atoms with E-state index in [0.29, 0.717) is 17.1 Å². The average molecular weight is 344 g/mol. The Morgan fingerprint density at radius 3 is 2.71 bits per heavy atom. The van der Waals surface area contributed by atoms with E-state index in [4.69, 9.17) is 4.98 Å². The monoisotopic (exact) mass is 343 g/mol. The fraction of sp³-hybridized carbons (Fsp3) is 0.810. The maximum Gasteiger partial charge on any atom is 0.139 e. The van der Waals surface area contributed by atoms with Gasteiger partial charge in [-0.1, -0.05) is 13.8 Å². The lowest BCUT2D eigenvalue weighted by atomic mass is 9.46. The van der Waals surface area contributed by atoms with E-state index >= 15 is 0 Å². The molecule has 6 atom stereocenters. The molecule has 5 rings (SSSR count). The number of carbonyl (C=O) groups is 1. The van der Waals surface area contributed by atoms with Gasteiger partial charge < -0.3 is 0 Å². The zero-order valence-corrected chi connectivity index (χ0v) is 16.0. The van der Waals surface area contributed by atoms with Crippen molar-refractivity contribution >= 4 is 17.1 Å². The molecule has 3 heteroatoms. The molecule has 0 spiro atoms. The molecule has 0 radical (unpaired) electrons. The minimum atomic E-state index is 0.0191. The molecule has 1 unspecified atom stereocenters. The lowest BCUT2D eigenvalue weighted by molar-refractivity contribution is -0.134. The highest BCUT2D eigenvalue weighted by Gasteiger charge is 2.60. The van der Waals surface area contributed by atoms with Gasteiger partial charge in [-0.3, -0.25) is 4.79 Å². The minimum Gasteiger partial charge on any atom is -0.299 e. The molecule has 1 heterocycles. The number of nitrogens with zero attached hydrogens (tertiary/aromatic N) is 1. The summed E-state index contributed by atoms with van der Waals surface area (Å²) < 4.78 is 0. The van der Waals surface area contributed by atoms with Gasteiger partial charge in [0, 0.05) is 22.6 Å². The summed E-state index contributed by atoms with van der Waals surface area (Å²) in [4.78, 5) is 19.0. The largest absolute Gasteiger partial charge is 0.299 e. The number of aryl methyl sites for hydroxylation is 2. The molecule has 3 fully saturated rings. The van der Waals surface area contributed by atoms with Crippen molar-refractivity contribution in [1.82, 2.24) is 4.98 Å². The third-order valence-electron chi connectivity index (χ3n) is 8.63. The molecule has 0 aromatic carbocycles. The van der Waals surface area contributed by atoms with Crippen molar-refractivity contribution in [1.29, 1.82) is 0 Å². The molecule has 4 aliphatic rings. The predicted molar refractivity (Wildman–Crippen MR) is 97.3 cm³/mol. The van der Waals surface area contributed by atoms with Crippen LogP contribution in [0.25, 0.3) is 0 Å². The molecule has 1 aromatic heterocycles. The van der Waals surface area contributed by atoms with Gasteiger partial charge in [0.25, 0.3) is 0 Å². The Morgan fingerprint density at radius 1 is 1.04 bits per heavy atom. The molecule has 1 aromatic rings. The van der Waals surface area contributed by atoms with Gasteiger partial charge in [-0.2, -0.15) is 0 Å². The maximum absolute atomic E-state index is 12.5. The van der Waals surface area contributed by atoms with Gasteiger partial charge in [-0.05, 0) is 75.0 Å². The van der Waals surface area contributed by atoms with Crippen molar-refractivity contribution in [2.75, 3.05) is 0 Å². The quantitative estimate of drug-likeness (QED) is 0.640. The molecular weight excluding hydrogens is 314 g/mol. The first kappa shape index (κ1) is 15.5. The SMILES string of the molecule is Cc1nc2c(s1)C1CC[C@@H]3[C@H](CC[C@]4(C)C(=O)CC[C@@H]34)[C@@]1(C)CC2. The Balaban J connectivity index is 1.52. The first-order valence-corrected chi connectivity index (χ1v) is 10.7. The van der Waals surface area contributed by atoms with Crippen LogP contribution < -0.4 is 0 Å². The zero-order chi connectivity index (χ0) is 16.7. The van der Waals surface area contributed by atoms with E-state index in [-0.39, 0.29) is 5.41 Å². The first-order valence-electron chi connectivity index (χ1n) is 9.93. The summed E-state index contributed by atoms with van der Waals surface area (Å²) in [6, 6.07) is 0. The van der Waals surface area contributed by atoms with Crippen LogP contribution in [0.5, 0.6) is 0 Å². The van der Waals surface area contributed by atoms with E-state index in [0.717, 1.165) is 30.6 Å². The summed E-state index contributed by atoms with van der Waals surface area (Å²) in [6.45, 7) is 7.05. The number of rotatable bonds is 0. The van der Waals surface area contributed by atoms with Gasteiger partial charge in [0.2, 0.25) is 0 Å². The molecule has 0 amide bonds. The van der Waals surface area contributed by atoms with Crippen LogP contribution in [0.1, 0.15) is 80.3 Å². The van der Waals surface area contributed by atoms with E-state index in [9.17, 15) is 4.79 Å². The zero-order valence-electron chi connectivity index (χ0n) is 15.2. The topological polar surface area (TPSA) is 30.0 Å². The van der Waals surface area contributed by atoms with Crippen molar-refractivity contribution in [3.8, 4) is 0 Å². The molecule has 3 saturated carbocycles. The number of ketones is 1. The van der Waals surface area contributed by atoms with Crippen LogP contribution >= 0.6 is 11.3 Å². The second-order valence-corrected chi connectivity index (χ2v) is 10.7. The van der Waals surface area contributed by atoms with Gasteiger partial charge in [0.05, 0.1) is 10.7 Å². The van der Waals surface area contributed by atoms with Crippen LogP contribution in [-0.2, 0) is 11.2 Å². The average Bonchev–Trinajstić information content (AvgIpc) is 3.06. The first-order chi connectivity index (χ1) is 11.4. The molecule has 0 aliphatic heterocycles. The lowest BCUT2D eigenvalue weighted by Crippen LogP contribution is -2.52. The van der Waals surface area contributed by atoms with Crippen LogP contribution in [0.15, 0.2) is 0 Å². The van der Waals surface area contributed by atoms with Crippen LogP contribution in [0.2, 0.25) is 0 Å². The number of Topliss-reactive ketones (excluding diaryl/α,β-unsaturated/α-hetero) is 1. The van der Waals surface area contributed by atoms with E-state index in [1.165, 1.54) is 49.2 Å². The van der Waals surface area contributed by atoms with Crippen molar-refractivity contribution in [3.05, 3.63) is 15.6 Å². The summed E-state index contributed by atoms with van der Waals surface area (Å²) in [6.07, 6.45) is 9.61.